The van der Waals surface area contributed by atoms with E-state index in [9.17, 15) is 14.4 Å². The number of nitrogens with one attached hydrogen (secondary N) is 1. The van der Waals surface area contributed by atoms with Crippen LogP contribution >= 0.6 is 0 Å². The summed E-state index contributed by atoms with van der Waals surface area (Å²) in [5.74, 6) is -0.534. The second kappa shape index (κ2) is 7.62. The summed E-state index contributed by atoms with van der Waals surface area (Å²) in [6.07, 6.45) is 1.01. The lowest BCUT2D eigenvalue weighted by atomic mass is 9.93. The van der Waals surface area contributed by atoms with Crippen molar-refractivity contribution < 1.29 is 14.4 Å². The number of benzene rings is 1. The molecule has 3 rings (SSSR count). The topological polar surface area (TPSA) is 71.4 Å². The molecule has 2 aromatic rings. The molecule has 1 aliphatic rings. The van der Waals surface area contributed by atoms with E-state index in [4.69, 9.17) is 0 Å². The maximum Gasteiger partial charge on any atom is 0.325 e. The quantitative estimate of drug-likeness (QED) is 0.590. The van der Waals surface area contributed by atoms with Crippen LogP contribution in [-0.4, -0.2) is 39.3 Å². The zero-order chi connectivity index (χ0) is 20.5. The monoisotopic (exact) mass is 381 g/mol. The molecule has 0 bridgehead atoms. The summed E-state index contributed by atoms with van der Waals surface area (Å²) in [5, 5.41) is 2.77. The third kappa shape index (κ3) is 3.35. The minimum Gasteiger partial charge on any atom is -0.344 e. The largest absolute Gasteiger partial charge is 0.344 e. The van der Waals surface area contributed by atoms with Crippen molar-refractivity contribution in [2.75, 3.05) is 6.54 Å². The molecule has 6 nitrogen and oxygen atoms in total. The highest BCUT2D eigenvalue weighted by molar-refractivity contribution is 6.11. The second-order valence-electron chi connectivity index (χ2n) is 7.39. The highest BCUT2D eigenvalue weighted by Gasteiger charge is 2.49. The van der Waals surface area contributed by atoms with Gasteiger partial charge in [0.05, 0.1) is 6.54 Å². The summed E-state index contributed by atoms with van der Waals surface area (Å²) in [6, 6.07) is 11.4. The Bertz CT molecular complexity index is 911. The molecule has 0 unspecified atom stereocenters. The molecule has 1 N–H and O–H groups in total. The lowest BCUT2D eigenvalue weighted by molar-refractivity contribution is -0.131. The van der Waals surface area contributed by atoms with Gasteiger partial charge in [-0.25, -0.2) is 4.79 Å². The van der Waals surface area contributed by atoms with Crippen LogP contribution in [-0.2, 0) is 11.3 Å². The van der Waals surface area contributed by atoms with Gasteiger partial charge in [-0.15, -0.1) is 0 Å². The standard InChI is InChI=1S/C22H27N3O3/c1-5-22(6-2)20(27)25(21(28)23-22)14-19(26)18-12-15(3)24(16(18)4)13-17-10-8-7-9-11-17/h7-12H,5-6,13-14H2,1-4H3,(H,23,28). The van der Waals surface area contributed by atoms with E-state index in [2.05, 4.69) is 9.88 Å². The van der Waals surface area contributed by atoms with Crippen LogP contribution in [0.1, 0.15) is 54.0 Å². The van der Waals surface area contributed by atoms with Crippen LogP contribution in [0.2, 0.25) is 0 Å². The van der Waals surface area contributed by atoms with Crippen molar-refractivity contribution in [3.8, 4) is 0 Å². The van der Waals surface area contributed by atoms with Crippen LogP contribution in [0.3, 0.4) is 0 Å². The van der Waals surface area contributed by atoms with Crippen LogP contribution < -0.4 is 5.32 Å². The van der Waals surface area contributed by atoms with E-state index in [1.807, 2.05) is 64.1 Å². The summed E-state index contributed by atoms with van der Waals surface area (Å²) in [6.45, 7) is 8.03. The normalized spacial score (nSPS) is 15.8. The zero-order valence-corrected chi connectivity index (χ0v) is 16.9. The number of imide groups is 1. The Labute approximate surface area is 165 Å². The van der Waals surface area contributed by atoms with E-state index >= 15 is 0 Å². The molecule has 1 aromatic carbocycles. The minimum absolute atomic E-state index is 0.223. The van der Waals surface area contributed by atoms with Gasteiger partial charge in [0.15, 0.2) is 5.78 Å². The molecule has 3 amide bonds. The molecular formula is C22H27N3O3. The molecule has 0 saturated carbocycles. The van der Waals surface area contributed by atoms with Gasteiger partial charge in [-0.2, -0.15) is 0 Å². The molecule has 1 aromatic heterocycles. The lowest BCUT2D eigenvalue weighted by Gasteiger charge is -2.22. The van der Waals surface area contributed by atoms with Crippen LogP contribution in [0.5, 0.6) is 0 Å². The van der Waals surface area contributed by atoms with E-state index in [-0.39, 0.29) is 18.2 Å². The van der Waals surface area contributed by atoms with Crippen molar-refractivity contribution in [1.29, 1.82) is 0 Å². The number of amides is 3. The number of rotatable bonds is 7. The number of aryl methyl sites for hydroxylation is 1. The molecule has 1 aliphatic heterocycles. The Morgan fingerprint density at radius 1 is 1.07 bits per heavy atom. The Balaban J connectivity index is 1.81. The molecular weight excluding hydrogens is 354 g/mol. The Kier molecular flexibility index (Phi) is 5.40. The molecule has 1 saturated heterocycles. The van der Waals surface area contributed by atoms with Crippen molar-refractivity contribution in [2.45, 2.75) is 52.6 Å². The van der Waals surface area contributed by atoms with Crippen LogP contribution in [0, 0.1) is 13.8 Å². The fourth-order valence-corrected chi connectivity index (χ4v) is 3.87. The van der Waals surface area contributed by atoms with Crippen molar-refractivity contribution >= 4 is 17.7 Å². The number of aromatic nitrogens is 1. The zero-order valence-electron chi connectivity index (χ0n) is 16.9. The fraction of sp³-hybridized carbons (Fsp3) is 0.409. The second-order valence-corrected chi connectivity index (χ2v) is 7.39. The maximum atomic E-state index is 12.9. The summed E-state index contributed by atoms with van der Waals surface area (Å²) in [7, 11) is 0. The fourth-order valence-electron chi connectivity index (χ4n) is 3.87. The number of carbonyl (C=O) groups excluding carboxylic acids is 3. The summed E-state index contributed by atoms with van der Waals surface area (Å²) < 4.78 is 2.08. The van der Waals surface area contributed by atoms with Gasteiger partial charge in [-0.1, -0.05) is 44.2 Å². The highest BCUT2D eigenvalue weighted by atomic mass is 16.2. The minimum atomic E-state index is -0.887. The number of hydrogen-bond donors (Lipinski definition) is 1. The Morgan fingerprint density at radius 3 is 2.29 bits per heavy atom. The first-order chi connectivity index (χ1) is 13.3. The SMILES string of the molecule is CCC1(CC)NC(=O)N(CC(=O)c2cc(C)n(Cc3ccccc3)c2C)C1=O. The van der Waals surface area contributed by atoms with Gasteiger partial charge >= 0.3 is 6.03 Å². The van der Waals surface area contributed by atoms with Gasteiger partial charge < -0.3 is 9.88 Å². The average molecular weight is 381 g/mol. The van der Waals surface area contributed by atoms with Gasteiger partial charge in [0, 0.05) is 23.5 Å². The van der Waals surface area contributed by atoms with Crippen molar-refractivity contribution in [3.63, 3.8) is 0 Å². The van der Waals surface area contributed by atoms with Crippen molar-refractivity contribution in [2.24, 2.45) is 0 Å². The summed E-state index contributed by atoms with van der Waals surface area (Å²) in [5.41, 5.74) is 2.63. The van der Waals surface area contributed by atoms with Gasteiger partial charge in [0.25, 0.3) is 5.91 Å². The molecule has 148 valence electrons. The number of carbonyl (C=O) groups is 3. The molecule has 6 heteroatoms. The molecule has 28 heavy (non-hydrogen) atoms. The van der Waals surface area contributed by atoms with E-state index in [1.165, 1.54) is 0 Å². The number of ketones is 1. The lowest BCUT2D eigenvalue weighted by Crippen LogP contribution is -2.46. The van der Waals surface area contributed by atoms with Crippen LogP contribution in [0.25, 0.3) is 0 Å². The number of nitrogens with zero attached hydrogens (tertiary/aromatic N) is 2. The first kappa shape index (κ1) is 19.9. The first-order valence-electron chi connectivity index (χ1n) is 9.71. The smallest absolute Gasteiger partial charge is 0.325 e. The predicted molar refractivity (Wildman–Crippen MR) is 107 cm³/mol. The molecule has 1 fully saturated rings. The summed E-state index contributed by atoms with van der Waals surface area (Å²) in [4.78, 5) is 39.1. The Morgan fingerprint density at radius 2 is 1.71 bits per heavy atom. The first-order valence-corrected chi connectivity index (χ1v) is 9.71. The molecule has 0 spiro atoms. The average Bonchev–Trinajstić information content (AvgIpc) is 3.11. The van der Waals surface area contributed by atoms with E-state index < -0.39 is 11.6 Å². The number of hydrogen-bond acceptors (Lipinski definition) is 3. The van der Waals surface area contributed by atoms with E-state index in [1.54, 1.807) is 0 Å². The predicted octanol–water partition coefficient (Wildman–Crippen LogP) is 3.45. The van der Waals surface area contributed by atoms with Crippen LogP contribution in [0.15, 0.2) is 36.4 Å². The van der Waals surface area contributed by atoms with Gasteiger partial charge in [0.2, 0.25) is 0 Å². The Hall–Kier alpha value is -2.89. The van der Waals surface area contributed by atoms with Crippen LogP contribution in [0.4, 0.5) is 4.79 Å². The van der Waals surface area contributed by atoms with Gasteiger partial charge in [0.1, 0.15) is 5.54 Å². The maximum absolute atomic E-state index is 12.9. The highest BCUT2D eigenvalue weighted by Crippen LogP contribution is 2.26. The molecule has 0 aliphatic carbocycles. The molecule has 0 radical (unpaired) electrons. The molecule has 0 atom stereocenters. The van der Waals surface area contributed by atoms with Crippen molar-refractivity contribution in [3.05, 3.63) is 58.9 Å². The molecule has 2 heterocycles. The third-order valence-corrected chi connectivity index (χ3v) is 5.81. The van der Waals surface area contributed by atoms with E-state index in [0.29, 0.717) is 24.9 Å². The van der Waals surface area contributed by atoms with E-state index in [0.717, 1.165) is 21.9 Å². The number of Topliss-reactive ketones (excluding diaryl/α,β-unsaturated/α-hetero) is 1. The summed E-state index contributed by atoms with van der Waals surface area (Å²) >= 11 is 0. The van der Waals surface area contributed by atoms with Crippen molar-refractivity contribution in [1.82, 2.24) is 14.8 Å². The van der Waals surface area contributed by atoms with Gasteiger partial charge in [-0.05, 0) is 38.3 Å². The van der Waals surface area contributed by atoms with Gasteiger partial charge in [-0.3, -0.25) is 14.5 Å². The third-order valence-electron chi connectivity index (χ3n) is 5.81. The number of urea groups is 1.